The Morgan fingerprint density at radius 2 is 1.68 bits per heavy atom. The molecule has 0 aliphatic carbocycles. The van der Waals surface area contributed by atoms with Gasteiger partial charge in [-0.05, 0) is 55.3 Å². The number of carbonyl (C=O) groups is 1. The van der Waals surface area contributed by atoms with Gasteiger partial charge in [-0.1, -0.05) is 41.9 Å². The molecular formula is C26H27ClN2O5. The minimum atomic E-state index is -0.392. The second-order valence-corrected chi connectivity index (χ2v) is 7.44. The number of nitrogens with one attached hydrogen (secondary N) is 1. The summed E-state index contributed by atoms with van der Waals surface area (Å²) >= 11 is 6.47. The van der Waals surface area contributed by atoms with Gasteiger partial charge in [-0.25, -0.2) is 5.43 Å². The Balaban J connectivity index is 1.71. The highest BCUT2D eigenvalue weighted by Crippen LogP contribution is 2.37. The summed E-state index contributed by atoms with van der Waals surface area (Å²) in [6, 6.07) is 18.1. The molecule has 0 spiro atoms. The van der Waals surface area contributed by atoms with Crippen LogP contribution in [0.15, 0.2) is 65.8 Å². The predicted octanol–water partition coefficient (Wildman–Crippen LogP) is 5.49. The van der Waals surface area contributed by atoms with Gasteiger partial charge in [-0.15, -0.1) is 0 Å². The highest BCUT2D eigenvalue weighted by Gasteiger charge is 2.13. The van der Waals surface area contributed by atoms with Crippen molar-refractivity contribution in [2.45, 2.75) is 20.5 Å². The standard InChI is InChI=1S/C26H27ClN2O5/c1-4-32-22-12-11-20(15-23(22)31-3)26(30)29-28-16-19-13-21(27)25(24(14-19)33-5-2)34-17-18-9-7-6-8-10-18/h6-16H,4-5,17H2,1-3H3,(H,29,30)/b28-16+. The fourth-order valence-electron chi connectivity index (χ4n) is 3.11. The van der Waals surface area contributed by atoms with Gasteiger partial charge in [0.2, 0.25) is 0 Å². The number of benzene rings is 3. The molecule has 0 aliphatic heterocycles. The number of hydrazone groups is 1. The molecular weight excluding hydrogens is 456 g/mol. The highest BCUT2D eigenvalue weighted by atomic mass is 35.5. The summed E-state index contributed by atoms with van der Waals surface area (Å²) in [7, 11) is 1.52. The zero-order chi connectivity index (χ0) is 24.3. The van der Waals surface area contributed by atoms with Crippen LogP contribution in [0.5, 0.6) is 23.0 Å². The average Bonchev–Trinajstić information content (AvgIpc) is 2.84. The number of hydrogen-bond acceptors (Lipinski definition) is 6. The molecule has 0 bridgehead atoms. The van der Waals surface area contributed by atoms with Crippen molar-refractivity contribution in [1.82, 2.24) is 5.43 Å². The number of hydrogen-bond donors (Lipinski definition) is 1. The molecule has 1 amide bonds. The molecule has 0 atom stereocenters. The lowest BCUT2D eigenvalue weighted by Crippen LogP contribution is -2.17. The lowest BCUT2D eigenvalue weighted by molar-refractivity contribution is 0.0954. The van der Waals surface area contributed by atoms with E-state index >= 15 is 0 Å². The second-order valence-electron chi connectivity index (χ2n) is 7.04. The zero-order valence-corrected chi connectivity index (χ0v) is 20.1. The van der Waals surface area contributed by atoms with Crippen LogP contribution >= 0.6 is 11.6 Å². The molecule has 3 aromatic carbocycles. The summed E-state index contributed by atoms with van der Waals surface area (Å²) in [5, 5.41) is 4.43. The van der Waals surface area contributed by atoms with Crippen molar-refractivity contribution in [3.05, 3.63) is 82.4 Å². The summed E-state index contributed by atoms with van der Waals surface area (Å²) in [5.41, 5.74) is 4.54. The molecule has 7 nitrogen and oxygen atoms in total. The monoisotopic (exact) mass is 482 g/mol. The normalized spacial score (nSPS) is 10.7. The van der Waals surface area contributed by atoms with Crippen molar-refractivity contribution in [2.24, 2.45) is 5.10 Å². The van der Waals surface area contributed by atoms with Gasteiger partial charge < -0.3 is 18.9 Å². The predicted molar refractivity (Wildman–Crippen MR) is 133 cm³/mol. The fraction of sp³-hybridized carbons (Fsp3) is 0.231. The molecule has 178 valence electrons. The SMILES string of the molecule is CCOc1ccc(C(=O)N/N=C/c2cc(Cl)c(OCc3ccccc3)c(OCC)c2)cc1OC. The smallest absolute Gasteiger partial charge is 0.271 e. The van der Waals surface area contributed by atoms with E-state index < -0.39 is 5.91 Å². The van der Waals surface area contributed by atoms with Gasteiger partial charge >= 0.3 is 0 Å². The number of rotatable bonds is 11. The Kier molecular flexibility index (Phi) is 9.17. The third-order valence-electron chi connectivity index (χ3n) is 4.66. The molecule has 0 fully saturated rings. The Morgan fingerprint density at radius 3 is 2.38 bits per heavy atom. The average molecular weight is 483 g/mol. The largest absolute Gasteiger partial charge is 0.493 e. The molecule has 0 aromatic heterocycles. The van der Waals surface area contributed by atoms with Crippen LogP contribution in [-0.4, -0.2) is 32.4 Å². The molecule has 0 radical (unpaired) electrons. The van der Waals surface area contributed by atoms with E-state index in [4.69, 9.17) is 30.5 Å². The summed E-state index contributed by atoms with van der Waals surface area (Å²) in [5.74, 6) is 1.59. The Labute approximate surface area is 204 Å². The summed E-state index contributed by atoms with van der Waals surface area (Å²) in [6.07, 6.45) is 1.49. The maximum absolute atomic E-state index is 12.5. The molecule has 8 heteroatoms. The molecule has 0 aliphatic rings. The van der Waals surface area contributed by atoms with Crippen molar-refractivity contribution < 1.29 is 23.7 Å². The first-order chi connectivity index (χ1) is 16.5. The van der Waals surface area contributed by atoms with Gasteiger partial charge in [0.1, 0.15) is 6.61 Å². The molecule has 0 saturated heterocycles. The number of carbonyl (C=O) groups excluding carboxylic acids is 1. The van der Waals surface area contributed by atoms with Gasteiger partial charge in [0.05, 0.1) is 31.6 Å². The first-order valence-corrected chi connectivity index (χ1v) is 11.2. The van der Waals surface area contributed by atoms with E-state index in [1.165, 1.54) is 13.3 Å². The van der Waals surface area contributed by atoms with E-state index in [1.807, 2.05) is 44.2 Å². The van der Waals surface area contributed by atoms with Crippen molar-refractivity contribution in [1.29, 1.82) is 0 Å². The van der Waals surface area contributed by atoms with Crippen LogP contribution < -0.4 is 24.4 Å². The minimum absolute atomic E-state index is 0.357. The first kappa shape index (κ1) is 24.9. The maximum atomic E-state index is 12.5. The topological polar surface area (TPSA) is 78.4 Å². The number of halogens is 1. The minimum Gasteiger partial charge on any atom is -0.493 e. The van der Waals surface area contributed by atoms with Gasteiger partial charge in [0.15, 0.2) is 23.0 Å². The van der Waals surface area contributed by atoms with Crippen molar-refractivity contribution in [2.75, 3.05) is 20.3 Å². The second kappa shape index (κ2) is 12.5. The quantitative estimate of drug-likeness (QED) is 0.289. The van der Waals surface area contributed by atoms with E-state index in [-0.39, 0.29) is 0 Å². The summed E-state index contributed by atoms with van der Waals surface area (Å²) in [6.45, 7) is 5.04. The highest BCUT2D eigenvalue weighted by molar-refractivity contribution is 6.32. The van der Waals surface area contributed by atoms with Crippen LogP contribution in [0.4, 0.5) is 0 Å². The third kappa shape index (κ3) is 6.65. The Morgan fingerprint density at radius 1 is 0.941 bits per heavy atom. The van der Waals surface area contributed by atoms with Gasteiger partial charge in [0.25, 0.3) is 5.91 Å². The zero-order valence-electron chi connectivity index (χ0n) is 19.3. The molecule has 0 unspecified atom stereocenters. The first-order valence-electron chi connectivity index (χ1n) is 10.8. The summed E-state index contributed by atoms with van der Waals surface area (Å²) < 4.78 is 22.4. The molecule has 3 aromatic rings. The molecule has 34 heavy (non-hydrogen) atoms. The molecule has 0 heterocycles. The van der Waals surface area contributed by atoms with Crippen molar-refractivity contribution in [3.63, 3.8) is 0 Å². The van der Waals surface area contributed by atoms with Gasteiger partial charge in [-0.2, -0.15) is 5.10 Å². The number of ether oxygens (including phenoxy) is 4. The fourth-order valence-corrected chi connectivity index (χ4v) is 3.38. The molecule has 3 rings (SSSR count). The van der Waals surface area contributed by atoms with E-state index in [1.54, 1.807) is 30.3 Å². The number of nitrogens with zero attached hydrogens (tertiary/aromatic N) is 1. The Bertz CT molecular complexity index is 1140. The van der Waals surface area contributed by atoms with E-state index in [9.17, 15) is 4.79 Å². The van der Waals surface area contributed by atoms with Gasteiger partial charge in [-0.3, -0.25) is 4.79 Å². The van der Waals surface area contributed by atoms with Crippen molar-refractivity contribution >= 4 is 23.7 Å². The van der Waals surface area contributed by atoms with Crippen molar-refractivity contribution in [3.8, 4) is 23.0 Å². The number of amides is 1. The Hall–Kier alpha value is -3.71. The van der Waals surface area contributed by atoms with Crippen LogP contribution in [0, 0.1) is 0 Å². The van der Waals surface area contributed by atoms with Crippen LogP contribution in [0.2, 0.25) is 5.02 Å². The molecule has 1 N–H and O–H groups in total. The van der Waals surface area contributed by atoms with Crippen LogP contribution in [0.1, 0.15) is 35.3 Å². The van der Waals surface area contributed by atoms with E-state index in [0.29, 0.717) is 59.0 Å². The lowest BCUT2D eigenvalue weighted by Gasteiger charge is -2.14. The third-order valence-corrected chi connectivity index (χ3v) is 4.94. The van der Waals surface area contributed by atoms with Crippen LogP contribution in [0.3, 0.4) is 0 Å². The van der Waals surface area contributed by atoms with Gasteiger partial charge in [0, 0.05) is 5.56 Å². The van der Waals surface area contributed by atoms with Crippen LogP contribution in [-0.2, 0) is 6.61 Å². The van der Waals surface area contributed by atoms with E-state index in [0.717, 1.165) is 5.56 Å². The van der Waals surface area contributed by atoms with E-state index in [2.05, 4.69) is 10.5 Å². The molecule has 0 saturated carbocycles. The maximum Gasteiger partial charge on any atom is 0.271 e. The van der Waals surface area contributed by atoms with Crippen LogP contribution in [0.25, 0.3) is 0 Å². The summed E-state index contributed by atoms with van der Waals surface area (Å²) in [4.78, 5) is 12.5. The number of methoxy groups -OCH3 is 1. The lowest BCUT2D eigenvalue weighted by atomic mass is 10.2.